The third-order valence-electron chi connectivity index (χ3n) is 3.57. The van der Waals surface area contributed by atoms with Crippen LogP contribution in [-0.2, 0) is 4.79 Å². The van der Waals surface area contributed by atoms with E-state index in [0.29, 0.717) is 12.6 Å². The third-order valence-corrected chi connectivity index (χ3v) is 3.57. The Morgan fingerprint density at radius 2 is 1.94 bits per heavy atom. The summed E-state index contributed by atoms with van der Waals surface area (Å²) in [5.41, 5.74) is 5.46. The lowest BCUT2D eigenvalue weighted by Gasteiger charge is -2.29. The highest BCUT2D eigenvalue weighted by molar-refractivity contribution is 5.85. The number of carbonyl (C=O) groups is 1. The zero-order valence-corrected chi connectivity index (χ0v) is 11.2. The molecule has 96 valence electrons. The minimum Gasteiger partial charge on any atom is -0.353 e. The summed E-state index contributed by atoms with van der Waals surface area (Å²) < 4.78 is 0. The lowest BCUT2D eigenvalue weighted by atomic mass is 9.84. The average Bonchev–Trinajstić information content (AvgIpc) is 2.29. The van der Waals surface area contributed by atoms with Gasteiger partial charge < -0.3 is 11.1 Å². The zero-order valence-electron chi connectivity index (χ0n) is 10.4. The van der Waals surface area contributed by atoms with Crippen molar-refractivity contribution in [1.82, 2.24) is 5.32 Å². The van der Waals surface area contributed by atoms with Crippen molar-refractivity contribution in [3.8, 4) is 0 Å². The van der Waals surface area contributed by atoms with E-state index in [0.717, 1.165) is 18.8 Å². The van der Waals surface area contributed by atoms with Gasteiger partial charge in [0, 0.05) is 18.5 Å². The number of hydrogen-bond donors (Lipinski definition) is 2. The lowest BCUT2D eigenvalue weighted by Crippen LogP contribution is -2.41. The van der Waals surface area contributed by atoms with Crippen LogP contribution in [0.5, 0.6) is 0 Å². The molecule has 0 aromatic heterocycles. The molecule has 0 aromatic carbocycles. The first-order valence-electron chi connectivity index (χ1n) is 6.17. The summed E-state index contributed by atoms with van der Waals surface area (Å²) in [7, 11) is 0. The number of halogens is 1. The quantitative estimate of drug-likeness (QED) is 0.801. The van der Waals surface area contributed by atoms with Gasteiger partial charge in [0.25, 0.3) is 0 Å². The van der Waals surface area contributed by atoms with Gasteiger partial charge in [-0.25, -0.2) is 0 Å². The highest BCUT2D eigenvalue weighted by atomic mass is 35.5. The fraction of sp³-hybridized carbons (Fsp3) is 0.917. The molecular formula is C12H25ClN2O. The first kappa shape index (κ1) is 15.7. The highest BCUT2D eigenvalue weighted by Crippen LogP contribution is 2.26. The van der Waals surface area contributed by atoms with Gasteiger partial charge in [0.05, 0.1) is 0 Å². The lowest BCUT2D eigenvalue weighted by molar-refractivity contribution is -0.125. The van der Waals surface area contributed by atoms with Gasteiger partial charge in [-0.05, 0) is 31.6 Å². The predicted molar refractivity (Wildman–Crippen MR) is 69.6 cm³/mol. The zero-order chi connectivity index (χ0) is 11.3. The maximum Gasteiger partial charge on any atom is 0.224 e. The fourth-order valence-corrected chi connectivity index (χ4v) is 2.17. The molecule has 1 amide bonds. The van der Waals surface area contributed by atoms with Crippen LogP contribution in [0.2, 0.25) is 0 Å². The van der Waals surface area contributed by atoms with E-state index in [4.69, 9.17) is 5.73 Å². The molecule has 1 rings (SSSR count). The van der Waals surface area contributed by atoms with Crippen molar-refractivity contribution in [1.29, 1.82) is 0 Å². The molecule has 1 atom stereocenters. The molecule has 1 aliphatic carbocycles. The highest BCUT2D eigenvalue weighted by Gasteiger charge is 2.22. The molecular weight excluding hydrogens is 224 g/mol. The smallest absolute Gasteiger partial charge is 0.224 e. The normalized spacial score (nSPS) is 26.7. The molecule has 1 unspecified atom stereocenters. The van der Waals surface area contributed by atoms with Crippen LogP contribution in [0.15, 0.2) is 0 Å². The summed E-state index contributed by atoms with van der Waals surface area (Å²) in [5.74, 6) is 0.955. The van der Waals surface area contributed by atoms with Crippen molar-refractivity contribution < 1.29 is 4.79 Å². The minimum atomic E-state index is -0.0473. The van der Waals surface area contributed by atoms with Crippen LogP contribution in [0.25, 0.3) is 0 Å². The van der Waals surface area contributed by atoms with E-state index in [-0.39, 0.29) is 24.2 Å². The van der Waals surface area contributed by atoms with E-state index < -0.39 is 0 Å². The van der Waals surface area contributed by atoms with Gasteiger partial charge in [-0.3, -0.25) is 4.79 Å². The number of amides is 1. The molecule has 3 N–H and O–H groups in total. The second-order valence-corrected chi connectivity index (χ2v) is 4.77. The van der Waals surface area contributed by atoms with Crippen LogP contribution < -0.4 is 11.1 Å². The first-order chi connectivity index (χ1) is 7.17. The molecule has 0 aliphatic heterocycles. The van der Waals surface area contributed by atoms with Gasteiger partial charge in [-0.15, -0.1) is 12.4 Å². The van der Waals surface area contributed by atoms with Crippen LogP contribution in [0.1, 0.15) is 46.0 Å². The molecule has 0 bridgehead atoms. The standard InChI is InChI=1S/C12H24N2O.ClH/c1-3-10-4-6-11(7-5-10)14-12(15)9(2)8-13;/h9-11H,3-8,13H2,1-2H3,(H,14,15);1H. The molecule has 1 aliphatic rings. The molecule has 0 saturated heterocycles. The van der Waals surface area contributed by atoms with Crippen molar-refractivity contribution in [2.45, 2.75) is 52.0 Å². The van der Waals surface area contributed by atoms with E-state index in [2.05, 4.69) is 12.2 Å². The SMILES string of the molecule is CCC1CCC(NC(=O)C(C)CN)CC1.Cl. The topological polar surface area (TPSA) is 55.1 Å². The molecule has 0 radical (unpaired) electrons. The van der Waals surface area contributed by atoms with Crippen LogP contribution in [0.4, 0.5) is 0 Å². The summed E-state index contributed by atoms with van der Waals surface area (Å²) in [6.45, 7) is 4.57. The van der Waals surface area contributed by atoms with Crippen molar-refractivity contribution in [3.63, 3.8) is 0 Å². The van der Waals surface area contributed by atoms with E-state index in [9.17, 15) is 4.79 Å². The number of carbonyl (C=O) groups excluding carboxylic acids is 1. The van der Waals surface area contributed by atoms with Crippen molar-refractivity contribution >= 4 is 18.3 Å². The maximum absolute atomic E-state index is 11.6. The summed E-state index contributed by atoms with van der Waals surface area (Å²) in [5, 5.41) is 3.10. The van der Waals surface area contributed by atoms with E-state index in [1.165, 1.54) is 19.3 Å². The second kappa shape index (κ2) is 7.91. The van der Waals surface area contributed by atoms with Gasteiger partial charge in [0.1, 0.15) is 0 Å². The molecule has 0 heterocycles. The summed E-state index contributed by atoms with van der Waals surface area (Å²) in [6, 6.07) is 0.397. The number of nitrogens with one attached hydrogen (secondary N) is 1. The number of nitrogens with two attached hydrogens (primary N) is 1. The summed E-state index contributed by atoms with van der Waals surface area (Å²) in [4.78, 5) is 11.6. The van der Waals surface area contributed by atoms with Gasteiger partial charge in [0.2, 0.25) is 5.91 Å². The predicted octanol–water partition coefficient (Wildman–Crippen LogP) is 2.09. The van der Waals surface area contributed by atoms with Crippen LogP contribution >= 0.6 is 12.4 Å². The van der Waals surface area contributed by atoms with E-state index >= 15 is 0 Å². The Hall–Kier alpha value is -0.280. The second-order valence-electron chi connectivity index (χ2n) is 4.77. The van der Waals surface area contributed by atoms with Crippen molar-refractivity contribution in [2.24, 2.45) is 17.6 Å². The van der Waals surface area contributed by atoms with Gasteiger partial charge in [0.15, 0.2) is 0 Å². The Morgan fingerprint density at radius 1 is 1.38 bits per heavy atom. The van der Waals surface area contributed by atoms with Crippen molar-refractivity contribution in [3.05, 3.63) is 0 Å². The third kappa shape index (κ3) is 4.71. The molecule has 0 spiro atoms. The monoisotopic (exact) mass is 248 g/mol. The number of rotatable bonds is 4. The largest absolute Gasteiger partial charge is 0.353 e. The first-order valence-corrected chi connectivity index (χ1v) is 6.17. The average molecular weight is 249 g/mol. The van der Waals surface area contributed by atoms with Gasteiger partial charge >= 0.3 is 0 Å². The van der Waals surface area contributed by atoms with Crippen LogP contribution in [-0.4, -0.2) is 18.5 Å². The fourth-order valence-electron chi connectivity index (χ4n) is 2.17. The van der Waals surface area contributed by atoms with E-state index in [1.54, 1.807) is 0 Å². The van der Waals surface area contributed by atoms with Gasteiger partial charge in [-0.2, -0.15) is 0 Å². The van der Waals surface area contributed by atoms with Gasteiger partial charge in [-0.1, -0.05) is 20.3 Å². The van der Waals surface area contributed by atoms with Crippen LogP contribution in [0, 0.1) is 11.8 Å². The Balaban J connectivity index is 0.00000225. The van der Waals surface area contributed by atoms with Crippen LogP contribution in [0.3, 0.4) is 0 Å². The minimum absolute atomic E-state index is 0. The van der Waals surface area contributed by atoms with E-state index in [1.807, 2.05) is 6.92 Å². The Morgan fingerprint density at radius 3 is 2.38 bits per heavy atom. The Bertz CT molecular complexity index is 203. The molecule has 1 fully saturated rings. The number of hydrogen-bond acceptors (Lipinski definition) is 2. The molecule has 0 aromatic rings. The molecule has 3 nitrogen and oxygen atoms in total. The maximum atomic E-state index is 11.6. The Labute approximate surface area is 105 Å². The summed E-state index contributed by atoms with van der Waals surface area (Å²) >= 11 is 0. The van der Waals surface area contributed by atoms with Crippen molar-refractivity contribution in [2.75, 3.05) is 6.54 Å². The summed E-state index contributed by atoms with van der Waals surface area (Å²) in [6.07, 6.45) is 6.08. The molecule has 4 heteroatoms. The molecule has 1 saturated carbocycles. The molecule has 16 heavy (non-hydrogen) atoms. The Kier molecular flexibility index (Phi) is 7.77.